The third-order valence-electron chi connectivity index (χ3n) is 2.56. The van der Waals surface area contributed by atoms with Gasteiger partial charge >= 0.3 is 0 Å². The van der Waals surface area contributed by atoms with Gasteiger partial charge in [0.1, 0.15) is 8.07 Å². The standard InChI is InChI=1S/C16H26SSi2/c1-18(2,3)13-11-15-7-9-16(10-8-15)17-12-14-19(4,5)6/h7-10H,12,14H2,1-6H3. The van der Waals surface area contributed by atoms with Crippen LogP contribution in [0, 0.1) is 11.5 Å². The Labute approximate surface area is 125 Å². The van der Waals surface area contributed by atoms with E-state index in [1.165, 1.54) is 16.7 Å². The molecule has 0 heterocycles. The van der Waals surface area contributed by atoms with Gasteiger partial charge in [-0.25, -0.2) is 0 Å². The smallest absolute Gasteiger partial charge is 0.127 e. The molecule has 104 valence electrons. The van der Waals surface area contributed by atoms with E-state index in [2.05, 4.69) is 75.0 Å². The maximum Gasteiger partial charge on any atom is 0.129 e. The first-order chi connectivity index (χ1) is 8.66. The van der Waals surface area contributed by atoms with Crippen LogP contribution >= 0.6 is 11.8 Å². The van der Waals surface area contributed by atoms with E-state index in [0.29, 0.717) is 0 Å². The van der Waals surface area contributed by atoms with Gasteiger partial charge in [-0.05, 0) is 36.1 Å². The van der Waals surface area contributed by atoms with Gasteiger partial charge in [0.15, 0.2) is 0 Å². The van der Waals surface area contributed by atoms with Gasteiger partial charge in [-0.2, -0.15) is 0 Å². The molecule has 0 saturated heterocycles. The lowest BCUT2D eigenvalue weighted by atomic mass is 10.2. The van der Waals surface area contributed by atoms with Crippen molar-refractivity contribution in [1.82, 2.24) is 0 Å². The number of rotatable bonds is 4. The minimum absolute atomic E-state index is 0.894. The number of thioether (sulfide) groups is 1. The maximum absolute atomic E-state index is 3.41. The van der Waals surface area contributed by atoms with E-state index >= 15 is 0 Å². The van der Waals surface area contributed by atoms with Gasteiger partial charge in [-0.3, -0.25) is 0 Å². The molecule has 1 aromatic carbocycles. The van der Waals surface area contributed by atoms with E-state index in [-0.39, 0.29) is 0 Å². The minimum Gasteiger partial charge on any atom is -0.127 e. The summed E-state index contributed by atoms with van der Waals surface area (Å²) in [5, 5.41) is 0. The van der Waals surface area contributed by atoms with Crippen molar-refractivity contribution >= 4 is 27.9 Å². The van der Waals surface area contributed by atoms with Crippen LogP contribution in [-0.4, -0.2) is 21.9 Å². The zero-order valence-corrected chi connectivity index (χ0v) is 15.9. The highest BCUT2D eigenvalue weighted by molar-refractivity contribution is 7.99. The highest BCUT2D eigenvalue weighted by Gasteiger charge is 2.12. The third kappa shape index (κ3) is 8.36. The van der Waals surface area contributed by atoms with Crippen LogP contribution in [0.5, 0.6) is 0 Å². The molecule has 1 aromatic rings. The highest BCUT2D eigenvalue weighted by atomic mass is 32.2. The van der Waals surface area contributed by atoms with E-state index in [1.54, 1.807) is 0 Å². The van der Waals surface area contributed by atoms with Crippen molar-refractivity contribution in [1.29, 1.82) is 0 Å². The van der Waals surface area contributed by atoms with Gasteiger partial charge in [0.05, 0.1) is 0 Å². The Bertz CT molecular complexity index is 453. The largest absolute Gasteiger partial charge is 0.129 e. The summed E-state index contributed by atoms with van der Waals surface area (Å²) in [6.07, 6.45) is 0. The Morgan fingerprint density at radius 3 is 2.00 bits per heavy atom. The molecule has 0 unspecified atom stereocenters. The first-order valence-corrected chi connectivity index (χ1v) is 15.1. The van der Waals surface area contributed by atoms with Crippen molar-refractivity contribution in [3.05, 3.63) is 29.8 Å². The van der Waals surface area contributed by atoms with Crippen LogP contribution in [0.25, 0.3) is 0 Å². The minimum atomic E-state index is -1.26. The van der Waals surface area contributed by atoms with E-state index in [1.807, 2.05) is 11.8 Å². The van der Waals surface area contributed by atoms with Gasteiger partial charge in [0, 0.05) is 18.5 Å². The predicted octanol–water partition coefficient (Wildman–Crippen LogP) is 5.35. The molecule has 0 radical (unpaired) electrons. The van der Waals surface area contributed by atoms with Gasteiger partial charge in [-0.1, -0.05) is 45.2 Å². The van der Waals surface area contributed by atoms with Gasteiger partial charge in [-0.15, -0.1) is 17.3 Å². The number of benzene rings is 1. The fourth-order valence-electron chi connectivity index (χ4n) is 1.37. The summed E-state index contributed by atoms with van der Waals surface area (Å²) >= 11 is 1.97. The highest BCUT2D eigenvalue weighted by Crippen LogP contribution is 2.22. The summed E-state index contributed by atoms with van der Waals surface area (Å²) in [5.41, 5.74) is 4.56. The van der Waals surface area contributed by atoms with E-state index in [0.717, 1.165) is 5.56 Å². The molecule has 0 saturated carbocycles. The Balaban J connectivity index is 2.54. The molecule has 0 N–H and O–H groups in total. The molecule has 0 amide bonds. The van der Waals surface area contributed by atoms with E-state index in [4.69, 9.17) is 0 Å². The second kappa shape index (κ2) is 6.83. The zero-order chi connectivity index (χ0) is 14.5. The van der Waals surface area contributed by atoms with Crippen molar-refractivity contribution < 1.29 is 0 Å². The van der Waals surface area contributed by atoms with Gasteiger partial charge < -0.3 is 0 Å². The molecule has 19 heavy (non-hydrogen) atoms. The summed E-state index contributed by atoms with van der Waals surface area (Å²) in [4.78, 5) is 1.37. The normalized spacial score (nSPS) is 11.9. The molecule has 0 bridgehead atoms. The van der Waals surface area contributed by atoms with Crippen LogP contribution in [0.2, 0.25) is 45.3 Å². The molecule has 0 atom stereocenters. The molecule has 1 rings (SSSR count). The molecule has 0 aliphatic heterocycles. The van der Waals surface area contributed by atoms with Crippen LogP contribution in [0.1, 0.15) is 5.56 Å². The summed E-state index contributed by atoms with van der Waals surface area (Å²) in [6.45, 7) is 14.1. The zero-order valence-electron chi connectivity index (χ0n) is 13.1. The summed E-state index contributed by atoms with van der Waals surface area (Å²) in [7, 11) is -2.15. The molecule has 0 aromatic heterocycles. The van der Waals surface area contributed by atoms with Gasteiger partial charge in [0.2, 0.25) is 0 Å². The molecule has 0 nitrogen and oxygen atoms in total. The van der Waals surface area contributed by atoms with Crippen molar-refractivity contribution in [3.63, 3.8) is 0 Å². The van der Waals surface area contributed by atoms with Crippen molar-refractivity contribution in [2.45, 2.75) is 50.2 Å². The molecule has 0 spiro atoms. The fourth-order valence-corrected chi connectivity index (χ4v) is 5.31. The van der Waals surface area contributed by atoms with Crippen LogP contribution in [0.3, 0.4) is 0 Å². The summed E-state index contributed by atoms with van der Waals surface area (Å²) in [5.74, 6) is 4.55. The van der Waals surface area contributed by atoms with Crippen molar-refractivity contribution in [3.8, 4) is 11.5 Å². The van der Waals surface area contributed by atoms with Crippen LogP contribution in [-0.2, 0) is 0 Å². The number of hydrogen-bond donors (Lipinski definition) is 0. The first-order valence-electron chi connectivity index (χ1n) is 6.92. The van der Waals surface area contributed by atoms with E-state index < -0.39 is 16.1 Å². The monoisotopic (exact) mass is 306 g/mol. The van der Waals surface area contributed by atoms with Crippen molar-refractivity contribution in [2.24, 2.45) is 0 Å². The lowest BCUT2D eigenvalue weighted by Gasteiger charge is -2.14. The SMILES string of the molecule is C[Si](C)(C)C#Cc1ccc(SCC[Si](C)(C)C)cc1. The lowest BCUT2D eigenvalue weighted by molar-refractivity contribution is 1.35. The fraction of sp³-hybridized carbons (Fsp3) is 0.500. The second-order valence-corrected chi connectivity index (χ2v) is 18.7. The Morgan fingerprint density at radius 2 is 1.53 bits per heavy atom. The second-order valence-electron chi connectivity index (χ2n) is 7.18. The average Bonchev–Trinajstić information content (AvgIpc) is 2.25. The van der Waals surface area contributed by atoms with Crippen LogP contribution in [0.4, 0.5) is 0 Å². The molecule has 0 fully saturated rings. The lowest BCUT2D eigenvalue weighted by Crippen LogP contribution is -2.19. The predicted molar refractivity (Wildman–Crippen MR) is 95.5 cm³/mol. The van der Waals surface area contributed by atoms with Crippen molar-refractivity contribution in [2.75, 3.05) is 5.75 Å². The number of hydrogen-bond acceptors (Lipinski definition) is 1. The summed E-state index contributed by atoms with van der Waals surface area (Å²) < 4.78 is 0. The van der Waals surface area contributed by atoms with E-state index in [9.17, 15) is 0 Å². The molecule has 0 aliphatic rings. The molecule has 0 aliphatic carbocycles. The van der Waals surface area contributed by atoms with Crippen LogP contribution < -0.4 is 0 Å². The topological polar surface area (TPSA) is 0 Å². The quantitative estimate of drug-likeness (QED) is 0.411. The molecular weight excluding hydrogens is 280 g/mol. The molecular formula is C16H26SSi2. The Kier molecular flexibility index (Phi) is 5.97. The summed E-state index contributed by atoms with van der Waals surface area (Å²) in [6, 6.07) is 10.1. The van der Waals surface area contributed by atoms with Gasteiger partial charge in [0.25, 0.3) is 0 Å². The Hall–Kier alpha value is -0.436. The average molecular weight is 307 g/mol. The molecule has 3 heteroatoms. The third-order valence-corrected chi connectivity index (χ3v) is 6.56. The Morgan fingerprint density at radius 1 is 0.947 bits per heavy atom. The first kappa shape index (κ1) is 16.6. The maximum atomic E-state index is 3.41. The van der Waals surface area contributed by atoms with Crippen LogP contribution in [0.15, 0.2) is 29.2 Å².